The van der Waals surface area contributed by atoms with E-state index in [-0.39, 0.29) is 6.09 Å². The van der Waals surface area contributed by atoms with Crippen LogP contribution in [0.1, 0.15) is 31.9 Å². The van der Waals surface area contributed by atoms with Crippen molar-refractivity contribution in [3.63, 3.8) is 0 Å². The summed E-state index contributed by atoms with van der Waals surface area (Å²) in [5.74, 6) is 0. The zero-order valence-corrected chi connectivity index (χ0v) is 16.8. The molecule has 1 fully saturated rings. The third-order valence-electron chi connectivity index (χ3n) is 4.80. The number of hydrogen-bond acceptors (Lipinski definition) is 4. The van der Waals surface area contributed by atoms with Gasteiger partial charge in [-0.25, -0.2) is 4.79 Å². The van der Waals surface area contributed by atoms with E-state index < -0.39 is 11.1 Å². The number of benzene rings is 2. The maximum atomic E-state index is 12.4. The Bertz CT molecular complexity index is 790. The molecular weight excluding hydrogens is 350 g/mol. The average Bonchev–Trinajstić information content (AvgIpc) is 2.61. The molecule has 2 aromatic rings. The number of amides is 1. The molecule has 2 aromatic carbocycles. The lowest BCUT2D eigenvalue weighted by Crippen LogP contribution is -2.70. The van der Waals surface area contributed by atoms with E-state index in [4.69, 9.17) is 4.74 Å². The fourth-order valence-corrected chi connectivity index (χ4v) is 3.35. The minimum Gasteiger partial charge on any atom is -0.444 e. The number of nitrogens with zero attached hydrogens (tertiary/aromatic N) is 3. The van der Waals surface area contributed by atoms with Gasteiger partial charge in [0, 0.05) is 13.1 Å². The first-order valence-electron chi connectivity index (χ1n) is 9.53. The lowest BCUT2D eigenvalue weighted by Gasteiger charge is -2.51. The van der Waals surface area contributed by atoms with Crippen molar-refractivity contribution in [1.82, 2.24) is 9.80 Å². The SMILES string of the molecule is CC(C)(C)OC(=O)N1CC(C#N)(N(Cc2ccccc2)Cc2ccccc2)C1. The fraction of sp³-hybridized carbons (Fsp3) is 0.391. The summed E-state index contributed by atoms with van der Waals surface area (Å²) in [7, 11) is 0. The van der Waals surface area contributed by atoms with Gasteiger partial charge in [0.2, 0.25) is 0 Å². The quantitative estimate of drug-likeness (QED) is 0.783. The molecule has 0 N–H and O–H groups in total. The van der Waals surface area contributed by atoms with Crippen LogP contribution in [-0.4, -0.2) is 40.1 Å². The fourth-order valence-electron chi connectivity index (χ4n) is 3.35. The first-order chi connectivity index (χ1) is 13.3. The van der Waals surface area contributed by atoms with Crippen LogP contribution in [0.3, 0.4) is 0 Å². The van der Waals surface area contributed by atoms with Gasteiger partial charge >= 0.3 is 6.09 Å². The maximum absolute atomic E-state index is 12.4. The van der Waals surface area contributed by atoms with Gasteiger partial charge in [-0.15, -0.1) is 0 Å². The Balaban J connectivity index is 1.78. The van der Waals surface area contributed by atoms with Crippen LogP contribution < -0.4 is 0 Å². The molecule has 0 aliphatic carbocycles. The molecule has 0 spiro atoms. The summed E-state index contributed by atoms with van der Waals surface area (Å²) in [6, 6.07) is 22.7. The predicted molar refractivity (Wildman–Crippen MR) is 108 cm³/mol. The third kappa shape index (κ3) is 4.71. The van der Waals surface area contributed by atoms with Crippen molar-refractivity contribution in [1.29, 1.82) is 5.26 Å². The van der Waals surface area contributed by atoms with E-state index in [1.165, 1.54) is 0 Å². The van der Waals surface area contributed by atoms with Crippen molar-refractivity contribution in [3.8, 4) is 6.07 Å². The normalized spacial score (nSPS) is 15.6. The number of nitriles is 1. The first kappa shape index (κ1) is 19.9. The summed E-state index contributed by atoms with van der Waals surface area (Å²) < 4.78 is 5.45. The molecule has 1 aliphatic heterocycles. The smallest absolute Gasteiger partial charge is 0.410 e. The molecular formula is C23H27N3O2. The van der Waals surface area contributed by atoms with Gasteiger partial charge in [-0.1, -0.05) is 60.7 Å². The van der Waals surface area contributed by atoms with Crippen molar-refractivity contribution in [2.75, 3.05) is 13.1 Å². The number of rotatable bonds is 5. The largest absolute Gasteiger partial charge is 0.444 e. The van der Waals surface area contributed by atoms with Gasteiger partial charge in [0.25, 0.3) is 0 Å². The van der Waals surface area contributed by atoms with E-state index in [0.717, 1.165) is 11.1 Å². The second-order valence-electron chi connectivity index (χ2n) is 8.31. The van der Waals surface area contributed by atoms with E-state index in [9.17, 15) is 10.1 Å². The monoisotopic (exact) mass is 377 g/mol. The Hall–Kier alpha value is -2.84. The second-order valence-corrected chi connectivity index (χ2v) is 8.31. The molecule has 5 heteroatoms. The molecule has 0 bridgehead atoms. The van der Waals surface area contributed by atoms with E-state index >= 15 is 0 Å². The lowest BCUT2D eigenvalue weighted by molar-refractivity contribution is -0.0453. The van der Waals surface area contributed by atoms with Gasteiger partial charge in [-0.3, -0.25) is 4.90 Å². The van der Waals surface area contributed by atoms with Crippen molar-refractivity contribution in [2.45, 2.75) is 45.0 Å². The van der Waals surface area contributed by atoms with Crippen molar-refractivity contribution >= 4 is 6.09 Å². The molecule has 0 aromatic heterocycles. The molecule has 146 valence electrons. The number of likely N-dealkylation sites (tertiary alicyclic amines) is 1. The van der Waals surface area contributed by atoms with Crippen LogP contribution in [0, 0.1) is 11.3 Å². The van der Waals surface area contributed by atoms with Gasteiger partial charge in [-0.05, 0) is 31.9 Å². The van der Waals surface area contributed by atoms with Crippen molar-refractivity contribution in [2.24, 2.45) is 0 Å². The minimum atomic E-state index is -0.720. The van der Waals surface area contributed by atoms with Crippen molar-refractivity contribution < 1.29 is 9.53 Å². The molecule has 5 nitrogen and oxygen atoms in total. The highest BCUT2D eigenvalue weighted by Crippen LogP contribution is 2.32. The molecule has 0 unspecified atom stereocenters. The first-order valence-corrected chi connectivity index (χ1v) is 9.53. The highest BCUT2D eigenvalue weighted by atomic mass is 16.6. The summed E-state index contributed by atoms with van der Waals surface area (Å²) in [4.78, 5) is 16.1. The van der Waals surface area contributed by atoms with Crippen LogP contribution in [-0.2, 0) is 17.8 Å². The average molecular weight is 377 g/mol. The van der Waals surface area contributed by atoms with E-state index in [1.54, 1.807) is 4.90 Å². The molecule has 28 heavy (non-hydrogen) atoms. The molecule has 0 atom stereocenters. The predicted octanol–water partition coefficient (Wildman–Crippen LogP) is 4.20. The molecule has 1 heterocycles. The number of hydrogen-bond donors (Lipinski definition) is 0. The zero-order chi connectivity index (χ0) is 20.2. The van der Waals surface area contributed by atoms with Crippen LogP contribution in [0.15, 0.2) is 60.7 Å². The van der Waals surface area contributed by atoms with Crippen molar-refractivity contribution in [3.05, 3.63) is 71.8 Å². The molecule has 3 rings (SSSR count). The minimum absolute atomic E-state index is 0.345. The summed E-state index contributed by atoms with van der Waals surface area (Å²) in [6.07, 6.45) is -0.363. The Labute approximate surface area is 167 Å². The Morgan fingerprint density at radius 2 is 1.50 bits per heavy atom. The molecule has 1 saturated heterocycles. The summed E-state index contributed by atoms with van der Waals surface area (Å²) in [6.45, 7) is 7.52. The molecule has 0 saturated carbocycles. The van der Waals surface area contributed by atoms with Crippen LogP contribution in [0.4, 0.5) is 4.79 Å². The topological polar surface area (TPSA) is 56.6 Å². The van der Waals surface area contributed by atoms with E-state index in [1.807, 2.05) is 57.2 Å². The van der Waals surface area contributed by atoms with E-state index in [2.05, 4.69) is 35.2 Å². The highest BCUT2D eigenvalue weighted by Gasteiger charge is 2.51. The Morgan fingerprint density at radius 3 is 1.89 bits per heavy atom. The van der Waals surface area contributed by atoms with Crippen LogP contribution in [0.25, 0.3) is 0 Å². The summed E-state index contributed by atoms with van der Waals surface area (Å²) in [5, 5.41) is 10.0. The van der Waals surface area contributed by atoms with Crippen LogP contribution in [0.2, 0.25) is 0 Å². The third-order valence-corrected chi connectivity index (χ3v) is 4.80. The summed E-state index contributed by atoms with van der Waals surface area (Å²) >= 11 is 0. The highest BCUT2D eigenvalue weighted by molar-refractivity contribution is 5.70. The number of ether oxygens (including phenoxy) is 1. The number of carbonyl (C=O) groups is 1. The Kier molecular flexibility index (Phi) is 5.71. The second kappa shape index (κ2) is 8.04. The lowest BCUT2D eigenvalue weighted by atomic mass is 9.88. The zero-order valence-electron chi connectivity index (χ0n) is 16.8. The van der Waals surface area contributed by atoms with Gasteiger partial charge in [0.15, 0.2) is 0 Å². The van der Waals surface area contributed by atoms with Gasteiger partial charge in [-0.2, -0.15) is 5.26 Å². The van der Waals surface area contributed by atoms with Gasteiger partial charge in [0.1, 0.15) is 11.1 Å². The van der Waals surface area contributed by atoms with Crippen LogP contribution >= 0.6 is 0 Å². The molecule has 1 amide bonds. The summed E-state index contributed by atoms with van der Waals surface area (Å²) in [5.41, 5.74) is 1.02. The molecule has 1 aliphatic rings. The Morgan fingerprint density at radius 1 is 1.04 bits per heavy atom. The van der Waals surface area contributed by atoms with E-state index in [0.29, 0.717) is 26.2 Å². The molecule has 0 radical (unpaired) electrons. The van der Waals surface area contributed by atoms with Gasteiger partial charge in [0.05, 0.1) is 19.2 Å². The standard InChI is InChI=1S/C23H27N3O2/c1-22(2,3)28-21(27)25-17-23(16-24,18-25)26(14-19-10-6-4-7-11-19)15-20-12-8-5-9-13-20/h4-13H,14-15,17-18H2,1-3H3. The van der Waals surface area contributed by atoms with Gasteiger partial charge < -0.3 is 9.64 Å². The number of carbonyl (C=O) groups excluding carboxylic acids is 1. The van der Waals surface area contributed by atoms with Crippen LogP contribution in [0.5, 0.6) is 0 Å². The maximum Gasteiger partial charge on any atom is 0.410 e.